The molecule has 2 N–H and O–H groups in total. The Balaban J connectivity index is 1.36. The zero-order chi connectivity index (χ0) is 28.9. The van der Waals surface area contributed by atoms with Crippen molar-refractivity contribution in [2.24, 2.45) is 5.10 Å². The number of amides is 1. The lowest BCUT2D eigenvalue weighted by molar-refractivity contribution is 0.0729. The highest BCUT2D eigenvalue weighted by molar-refractivity contribution is 6.36. The van der Waals surface area contributed by atoms with Crippen LogP contribution in [0.15, 0.2) is 90.0 Å². The molecule has 0 radical (unpaired) electrons. The van der Waals surface area contributed by atoms with Crippen molar-refractivity contribution < 1.29 is 19.1 Å². The fourth-order valence-electron chi connectivity index (χ4n) is 4.53. The van der Waals surface area contributed by atoms with Crippen molar-refractivity contribution in [3.63, 3.8) is 0 Å². The second kappa shape index (κ2) is 12.3. The summed E-state index contributed by atoms with van der Waals surface area (Å²) < 4.78 is 10.9. The zero-order valence-corrected chi connectivity index (χ0v) is 23.7. The van der Waals surface area contributed by atoms with Gasteiger partial charge in [-0.25, -0.2) is 10.2 Å². The van der Waals surface area contributed by atoms with E-state index in [1.54, 1.807) is 24.3 Å². The molecular formula is C32H25Cl2N3O4. The van der Waals surface area contributed by atoms with E-state index >= 15 is 0 Å². The van der Waals surface area contributed by atoms with Crippen LogP contribution in [0.4, 0.5) is 0 Å². The summed E-state index contributed by atoms with van der Waals surface area (Å²) in [6.07, 6.45) is 2.30. The van der Waals surface area contributed by atoms with Crippen molar-refractivity contribution in [3.8, 4) is 22.6 Å². The number of benzene rings is 4. The fourth-order valence-corrected chi connectivity index (χ4v) is 5.01. The number of para-hydroxylation sites is 1. The second-order valence-electron chi connectivity index (χ2n) is 9.06. The Kier molecular flexibility index (Phi) is 8.38. The number of hydrogen-bond donors (Lipinski definition) is 2. The smallest absolute Gasteiger partial charge is 0.345 e. The first-order valence-corrected chi connectivity index (χ1v) is 13.5. The van der Waals surface area contributed by atoms with Crippen LogP contribution >= 0.6 is 23.2 Å². The highest BCUT2D eigenvalue weighted by Crippen LogP contribution is 2.34. The number of nitrogens with one attached hydrogen (secondary N) is 2. The molecule has 9 heteroatoms. The number of esters is 1. The number of methoxy groups -OCH3 is 1. The molecule has 0 aliphatic heterocycles. The Bertz CT molecular complexity index is 1780. The number of rotatable bonds is 8. The van der Waals surface area contributed by atoms with Crippen LogP contribution in [0.1, 0.15) is 38.9 Å². The van der Waals surface area contributed by atoms with E-state index in [0.717, 1.165) is 34.0 Å². The van der Waals surface area contributed by atoms with Crippen molar-refractivity contribution in [2.45, 2.75) is 13.3 Å². The van der Waals surface area contributed by atoms with Gasteiger partial charge >= 0.3 is 5.97 Å². The minimum atomic E-state index is -0.655. The van der Waals surface area contributed by atoms with Gasteiger partial charge in [-0.3, -0.25) is 4.79 Å². The largest absolute Gasteiger partial charge is 0.493 e. The lowest BCUT2D eigenvalue weighted by Crippen LogP contribution is -2.19. The van der Waals surface area contributed by atoms with Crippen LogP contribution in [-0.4, -0.2) is 30.2 Å². The summed E-state index contributed by atoms with van der Waals surface area (Å²) in [4.78, 5) is 29.3. The number of carbonyl (C=O) groups is 2. The van der Waals surface area contributed by atoms with E-state index in [-0.39, 0.29) is 22.2 Å². The number of carbonyl (C=O) groups excluding carboxylic acids is 2. The van der Waals surface area contributed by atoms with Crippen molar-refractivity contribution in [3.05, 3.63) is 117 Å². The third-order valence-electron chi connectivity index (χ3n) is 6.51. The van der Waals surface area contributed by atoms with Crippen LogP contribution in [0.2, 0.25) is 10.0 Å². The number of hydrazone groups is 1. The Morgan fingerprint density at radius 2 is 1.76 bits per heavy atom. The van der Waals surface area contributed by atoms with E-state index in [1.165, 1.54) is 25.5 Å². The standard InChI is InChI=1S/C32H25Cl2N3O4/c1-3-20-10-7-11-24-28(21-8-5-4-6-9-21)30(36-29(20)24)31(38)37-35-18-19-12-15-26(27(16-19)40-2)41-32(39)23-14-13-22(33)17-25(23)34/h4-18,36H,3H2,1-2H3,(H,37,38). The van der Waals surface area contributed by atoms with Gasteiger partial charge in [-0.2, -0.15) is 5.10 Å². The van der Waals surface area contributed by atoms with Crippen molar-refractivity contribution in [1.29, 1.82) is 0 Å². The monoisotopic (exact) mass is 585 g/mol. The third kappa shape index (κ3) is 5.96. The van der Waals surface area contributed by atoms with E-state index in [0.29, 0.717) is 22.0 Å². The minimum Gasteiger partial charge on any atom is -0.493 e. The molecule has 0 bridgehead atoms. The Labute approximate surface area is 246 Å². The number of H-pyrrole nitrogens is 1. The molecule has 41 heavy (non-hydrogen) atoms. The van der Waals surface area contributed by atoms with Gasteiger partial charge < -0.3 is 14.5 Å². The van der Waals surface area contributed by atoms with Crippen LogP contribution < -0.4 is 14.9 Å². The summed E-state index contributed by atoms with van der Waals surface area (Å²) in [5.41, 5.74) is 7.61. The number of aryl methyl sites for hydroxylation is 1. The normalized spacial score (nSPS) is 11.1. The number of nitrogens with zero attached hydrogens (tertiary/aromatic N) is 1. The molecule has 0 atom stereocenters. The lowest BCUT2D eigenvalue weighted by Gasteiger charge is -2.10. The van der Waals surface area contributed by atoms with Crippen LogP contribution in [-0.2, 0) is 6.42 Å². The molecule has 0 aliphatic carbocycles. The molecule has 0 unspecified atom stereocenters. The average molecular weight is 586 g/mol. The predicted molar refractivity (Wildman–Crippen MR) is 163 cm³/mol. The highest BCUT2D eigenvalue weighted by atomic mass is 35.5. The predicted octanol–water partition coefficient (Wildman–Crippen LogP) is 7.70. The van der Waals surface area contributed by atoms with Gasteiger partial charge in [0.1, 0.15) is 5.69 Å². The van der Waals surface area contributed by atoms with E-state index in [9.17, 15) is 9.59 Å². The van der Waals surface area contributed by atoms with Gasteiger partial charge in [0, 0.05) is 21.5 Å². The molecule has 5 aromatic rings. The maximum atomic E-state index is 13.3. The van der Waals surface area contributed by atoms with Gasteiger partial charge in [-0.15, -0.1) is 0 Å². The van der Waals surface area contributed by atoms with Crippen LogP contribution in [0.25, 0.3) is 22.0 Å². The molecule has 0 spiro atoms. The van der Waals surface area contributed by atoms with Crippen LogP contribution in [0.5, 0.6) is 11.5 Å². The summed E-state index contributed by atoms with van der Waals surface area (Å²) in [6, 6.07) is 25.2. The third-order valence-corrected chi connectivity index (χ3v) is 7.06. The molecule has 1 aromatic heterocycles. The summed E-state index contributed by atoms with van der Waals surface area (Å²) in [5, 5.41) is 5.72. The van der Waals surface area contributed by atoms with Crippen LogP contribution in [0.3, 0.4) is 0 Å². The van der Waals surface area contributed by atoms with E-state index in [2.05, 4.69) is 22.4 Å². The van der Waals surface area contributed by atoms with Crippen LogP contribution in [0, 0.1) is 0 Å². The lowest BCUT2D eigenvalue weighted by atomic mass is 10.00. The molecule has 0 aliphatic rings. The van der Waals surface area contributed by atoms with Gasteiger partial charge in [-0.1, -0.05) is 78.7 Å². The highest BCUT2D eigenvalue weighted by Gasteiger charge is 2.20. The molecular weight excluding hydrogens is 561 g/mol. The van der Waals surface area contributed by atoms with Gasteiger partial charge in [0.25, 0.3) is 5.91 Å². The SMILES string of the molecule is CCc1cccc2c(-c3ccccc3)c(C(=O)NN=Cc3ccc(OC(=O)c4ccc(Cl)cc4Cl)c(OC)c3)[nH]c12. The second-order valence-corrected chi connectivity index (χ2v) is 9.90. The van der Waals surface area contributed by atoms with Gasteiger partial charge in [-0.05, 0) is 59.5 Å². The van der Waals surface area contributed by atoms with E-state index in [4.69, 9.17) is 32.7 Å². The van der Waals surface area contributed by atoms with Crippen molar-refractivity contribution in [1.82, 2.24) is 10.4 Å². The van der Waals surface area contributed by atoms with E-state index in [1.807, 2.05) is 48.5 Å². The molecule has 7 nitrogen and oxygen atoms in total. The topological polar surface area (TPSA) is 92.8 Å². The first-order chi connectivity index (χ1) is 19.9. The summed E-state index contributed by atoms with van der Waals surface area (Å²) in [5.74, 6) is -0.539. The summed E-state index contributed by atoms with van der Waals surface area (Å²) in [6.45, 7) is 2.08. The van der Waals surface area contributed by atoms with Crippen molar-refractivity contribution in [2.75, 3.05) is 7.11 Å². The quantitative estimate of drug-likeness (QED) is 0.0844. The maximum Gasteiger partial charge on any atom is 0.345 e. The molecule has 206 valence electrons. The molecule has 1 heterocycles. The zero-order valence-electron chi connectivity index (χ0n) is 22.2. The fraction of sp³-hybridized carbons (Fsp3) is 0.0938. The molecule has 4 aromatic carbocycles. The average Bonchev–Trinajstić information content (AvgIpc) is 3.38. The molecule has 0 fully saturated rings. The number of aromatic nitrogens is 1. The Morgan fingerprint density at radius 1 is 0.951 bits per heavy atom. The minimum absolute atomic E-state index is 0.171. The summed E-state index contributed by atoms with van der Waals surface area (Å²) in [7, 11) is 1.45. The molecule has 0 saturated heterocycles. The van der Waals surface area contributed by atoms with Gasteiger partial charge in [0.15, 0.2) is 11.5 Å². The number of aromatic amines is 1. The maximum absolute atomic E-state index is 13.3. The Morgan fingerprint density at radius 3 is 2.49 bits per heavy atom. The number of fused-ring (bicyclic) bond motifs is 1. The summed E-state index contributed by atoms with van der Waals surface area (Å²) >= 11 is 12.0. The van der Waals surface area contributed by atoms with Crippen molar-refractivity contribution >= 4 is 52.2 Å². The number of ether oxygens (including phenoxy) is 2. The first kappa shape index (κ1) is 28.0. The van der Waals surface area contributed by atoms with Gasteiger partial charge in [0.05, 0.1) is 23.9 Å². The molecule has 1 amide bonds. The number of hydrogen-bond acceptors (Lipinski definition) is 5. The van der Waals surface area contributed by atoms with E-state index < -0.39 is 5.97 Å². The van der Waals surface area contributed by atoms with Gasteiger partial charge in [0.2, 0.25) is 0 Å². The molecule has 0 saturated carbocycles. The first-order valence-electron chi connectivity index (χ1n) is 12.8. The molecule has 5 rings (SSSR count). The Hall–Kier alpha value is -4.59. The number of halogens is 2.